The van der Waals surface area contributed by atoms with Crippen LogP contribution in [0.4, 0.5) is 11.5 Å². The number of aromatic nitrogens is 2. The molecule has 19 heavy (non-hydrogen) atoms. The third kappa shape index (κ3) is 2.77. The lowest BCUT2D eigenvalue weighted by atomic mass is 10.3. The Morgan fingerprint density at radius 3 is 2.84 bits per heavy atom. The van der Waals surface area contributed by atoms with Gasteiger partial charge in [0.25, 0.3) is 0 Å². The van der Waals surface area contributed by atoms with Gasteiger partial charge in [-0.3, -0.25) is 0 Å². The first kappa shape index (κ1) is 13.6. The van der Waals surface area contributed by atoms with Gasteiger partial charge in [0.05, 0.1) is 5.39 Å². The predicted octanol–water partition coefficient (Wildman–Crippen LogP) is 3.87. The average molecular weight is 294 g/mol. The van der Waals surface area contributed by atoms with E-state index in [0.717, 1.165) is 21.7 Å². The molecule has 0 radical (unpaired) electrons. The van der Waals surface area contributed by atoms with Crippen molar-refractivity contribution in [2.75, 3.05) is 5.32 Å². The van der Waals surface area contributed by atoms with E-state index in [1.165, 1.54) is 4.88 Å². The van der Waals surface area contributed by atoms with E-state index in [9.17, 15) is 5.11 Å². The van der Waals surface area contributed by atoms with Crippen molar-refractivity contribution < 1.29 is 5.11 Å². The van der Waals surface area contributed by atoms with Gasteiger partial charge in [-0.05, 0) is 25.1 Å². The maximum atomic E-state index is 9.44. The van der Waals surface area contributed by atoms with E-state index < -0.39 is 0 Å². The molecule has 0 bridgehead atoms. The zero-order valence-electron chi connectivity index (χ0n) is 10.1. The van der Waals surface area contributed by atoms with E-state index >= 15 is 0 Å². The quantitative estimate of drug-likeness (QED) is 0.753. The van der Waals surface area contributed by atoms with Crippen LogP contribution < -0.4 is 5.32 Å². The first-order valence-corrected chi connectivity index (χ1v) is 6.31. The number of phenolic OH excluding ortho intramolecular Hbond substituents is 1. The highest BCUT2D eigenvalue weighted by Crippen LogP contribution is 2.29. The number of halogens is 1. The van der Waals surface area contributed by atoms with Crippen molar-refractivity contribution in [3.05, 3.63) is 41.5 Å². The summed E-state index contributed by atoms with van der Waals surface area (Å²) in [6, 6.07) is 9.02. The number of nitrogens with zero attached hydrogens (tertiary/aromatic N) is 2. The molecule has 0 aliphatic heterocycles. The molecule has 3 rings (SSSR count). The fourth-order valence-corrected chi connectivity index (χ4v) is 2.64. The monoisotopic (exact) mass is 293 g/mol. The summed E-state index contributed by atoms with van der Waals surface area (Å²) in [6.45, 7) is 2.05. The summed E-state index contributed by atoms with van der Waals surface area (Å²) in [4.78, 5) is 10.6. The van der Waals surface area contributed by atoms with Crippen molar-refractivity contribution in [1.29, 1.82) is 0 Å². The van der Waals surface area contributed by atoms with Crippen LogP contribution in [-0.4, -0.2) is 15.1 Å². The number of aromatic hydroxyl groups is 1. The molecule has 3 aromatic rings. The van der Waals surface area contributed by atoms with Crippen molar-refractivity contribution in [2.24, 2.45) is 0 Å². The standard InChI is InChI=1S/C13H11N3OS.ClH/c1-8-5-11-12(14-7-15-13(11)18-8)16-9-3-2-4-10(17)6-9;/h2-7,17H,1H3,(H,14,15,16);1H. The van der Waals surface area contributed by atoms with Crippen LogP contribution >= 0.6 is 23.7 Å². The Hall–Kier alpha value is -1.85. The fraction of sp³-hybridized carbons (Fsp3) is 0.0769. The molecular weight excluding hydrogens is 282 g/mol. The second-order valence-corrected chi connectivity index (χ2v) is 5.21. The third-order valence-electron chi connectivity index (χ3n) is 2.56. The van der Waals surface area contributed by atoms with Gasteiger partial charge >= 0.3 is 0 Å². The van der Waals surface area contributed by atoms with Gasteiger partial charge in [-0.25, -0.2) is 9.97 Å². The van der Waals surface area contributed by atoms with Gasteiger partial charge in [-0.1, -0.05) is 6.07 Å². The van der Waals surface area contributed by atoms with Crippen LogP contribution in [0.3, 0.4) is 0 Å². The number of hydrogen-bond donors (Lipinski definition) is 2. The lowest BCUT2D eigenvalue weighted by Crippen LogP contribution is -1.94. The van der Waals surface area contributed by atoms with E-state index in [1.807, 2.05) is 13.0 Å². The van der Waals surface area contributed by atoms with Crippen LogP contribution in [0.5, 0.6) is 5.75 Å². The lowest BCUT2D eigenvalue weighted by Gasteiger charge is -2.06. The van der Waals surface area contributed by atoms with Gasteiger partial charge in [0.1, 0.15) is 22.7 Å². The Morgan fingerprint density at radius 2 is 2.05 bits per heavy atom. The summed E-state index contributed by atoms with van der Waals surface area (Å²) >= 11 is 1.64. The number of nitrogens with one attached hydrogen (secondary N) is 1. The highest BCUT2D eigenvalue weighted by atomic mass is 35.5. The van der Waals surface area contributed by atoms with Gasteiger partial charge in [0.2, 0.25) is 0 Å². The number of anilines is 2. The van der Waals surface area contributed by atoms with Crippen molar-refractivity contribution in [3.8, 4) is 5.75 Å². The van der Waals surface area contributed by atoms with Crippen LogP contribution in [-0.2, 0) is 0 Å². The highest BCUT2D eigenvalue weighted by molar-refractivity contribution is 7.18. The molecule has 0 atom stereocenters. The summed E-state index contributed by atoms with van der Waals surface area (Å²) in [5, 5.41) is 13.6. The third-order valence-corrected chi connectivity index (χ3v) is 3.52. The van der Waals surface area contributed by atoms with E-state index in [0.29, 0.717) is 0 Å². The molecule has 0 amide bonds. The smallest absolute Gasteiger partial charge is 0.142 e. The molecule has 4 nitrogen and oxygen atoms in total. The van der Waals surface area contributed by atoms with E-state index in [4.69, 9.17) is 0 Å². The molecule has 0 fully saturated rings. The molecule has 0 aliphatic carbocycles. The minimum absolute atomic E-state index is 0. The summed E-state index contributed by atoms with van der Waals surface area (Å²) in [7, 11) is 0. The molecule has 2 N–H and O–H groups in total. The largest absolute Gasteiger partial charge is 0.508 e. The molecule has 0 saturated heterocycles. The Kier molecular flexibility index (Phi) is 3.87. The molecule has 0 unspecified atom stereocenters. The van der Waals surface area contributed by atoms with Gasteiger partial charge in [-0.2, -0.15) is 0 Å². The van der Waals surface area contributed by atoms with Gasteiger partial charge in [0.15, 0.2) is 0 Å². The van der Waals surface area contributed by atoms with Crippen LogP contribution in [0.25, 0.3) is 10.2 Å². The van der Waals surface area contributed by atoms with Crippen molar-refractivity contribution in [3.63, 3.8) is 0 Å². The summed E-state index contributed by atoms with van der Waals surface area (Å²) < 4.78 is 0. The van der Waals surface area contributed by atoms with Crippen LogP contribution in [0.1, 0.15) is 4.88 Å². The molecule has 0 saturated carbocycles. The molecule has 2 heterocycles. The Morgan fingerprint density at radius 1 is 1.21 bits per heavy atom. The van der Waals surface area contributed by atoms with E-state index in [-0.39, 0.29) is 18.2 Å². The Bertz CT molecular complexity index is 714. The van der Waals surface area contributed by atoms with Crippen LogP contribution in [0, 0.1) is 6.92 Å². The zero-order valence-corrected chi connectivity index (χ0v) is 11.8. The first-order chi connectivity index (χ1) is 8.72. The topological polar surface area (TPSA) is 58.0 Å². The number of thiophene rings is 1. The molecule has 1 aromatic carbocycles. The summed E-state index contributed by atoms with van der Waals surface area (Å²) in [5.41, 5.74) is 0.804. The van der Waals surface area contributed by atoms with E-state index in [2.05, 4.69) is 21.4 Å². The predicted molar refractivity (Wildman–Crippen MR) is 80.8 cm³/mol. The lowest BCUT2D eigenvalue weighted by molar-refractivity contribution is 0.475. The molecule has 98 valence electrons. The Labute approximate surface area is 120 Å². The van der Waals surface area contributed by atoms with E-state index in [1.54, 1.807) is 35.9 Å². The van der Waals surface area contributed by atoms with Crippen LogP contribution in [0.15, 0.2) is 36.7 Å². The number of benzene rings is 1. The highest BCUT2D eigenvalue weighted by Gasteiger charge is 2.07. The number of phenols is 1. The molecule has 0 spiro atoms. The van der Waals surface area contributed by atoms with Gasteiger partial charge < -0.3 is 10.4 Å². The zero-order chi connectivity index (χ0) is 12.5. The summed E-state index contributed by atoms with van der Waals surface area (Å²) in [5.74, 6) is 0.988. The van der Waals surface area contributed by atoms with Gasteiger partial charge in [-0.15, -0.1) is 23.7 Å². The van der Waals surface area contributed by atoms with Gasteiger partial charge in [0, 0.05) is 16.6 Å². The van der Waals surface area contributed by atoms with Crippen molar-refractivity contribution in [2.45, 2.75) is 6.92 Å². The number of fused-ring (bicyclic) bond motifs is 1. The number of hydrogen-bond acceptors (Lipinski definition) is 5. The fourth-order valence-electron chi connectivity index (χ4n) is 1.80. The SMILES string of the molecule is Cc1cc2c(Nc3cccc(O)c3)ncnc2s1.Cl. The maximum absolute atomic E-state index is 9.44. The second-order valence-electron chi connectivity index (χ2n) is 3.97. The molecule has 2 aromatic heterocycles. The molecule has 0 aliphatic rings. The van der Waals surface area contributed by atoms with Crippen molar-refractivity contribution >= 4 is 45.5 Å². The van der Waals surface area contributed by atoms with Crippen molar-refractivity contribution in [1.82, 2.24) is 9.97 Å². The summed E-state index contributed by atoms with van der Waals surface area (Å²) in [6.07, 6.45) is 1.55. The second kappa shape index (κ2) is 5.42. The molecular formula is C13H12ClN3OS. The maximum Gasteiger partial charge on any atom is 0.142 e. The van der Waals surface area contributed by atoms with Crippen LogP contribution in [0.2, 0.25) is 0 Å². The molecule has 6 heteroatoms. The first-order valence-electron chi connectivity index (χ1n) is 5.49. The minimum atomic E-state index is 0. The minimum Gasteiger partial charge on any atom is -0.508 e. The Balaban J connectivity index is 0.00000133. The number of rotatable bonds is 2. The number of aryl methyl sites for hydroxylation is 1. The normalized spacial score (nSPS) is 10.2. The average Bonchev–Trinajstić information content (AvgIpc) is 2.71.